The van der Waals surface area contributed by atoms with E-state index in [1.165, 1.54) is 29.8 Å². The van der Waals surface area contributed by atoms with E-state index in [9.17, 15) is 0 Å². The van der Waals surface area contributed by atoms with Crippen molar-refractivity contribution in [2.75, 3.05) is 5.32 Å². The minimum Gasteiger partial charge on any atom is -0.315 e. The van der Waals surface area contributed by atoms with Crippen LogP contribution in [0, 0.1) is 6.92 Å². The van der Waals surface area contributed by atoms with Crippen molar-refractivity contribution in [3.63, 3.8) is 0 Å². The van der Waals surface area contributed by atoms with Crippen LogP contribution in [0.2, 0.25) is 0 Å². The van der Waals surface area contributed by atoms with Gasteiger partial charge in [0.15, 0.2) is 5.13 Å². The molecule has 0 bridgehead atoms. The van der Waals surface area contributed by atoms with Crippen LogP contribution in [0.4, 0.5) is 10.9 Å². The number of aromatic nitrogens is 2. The monoisotopic (exact) mass is 323 g/mol. The lowest BCUT2D eigenvalue weighted by Gasteiger charge is -2.06. The zero-order chi connectivity index (χ0) is 12.5. The molecule has 94 valence electrons. The fourth-order valence-electron chi connectivity index (χ4n) is 2.13. The van der Waals surface area contributed by atoms with Gasteiger partial charge in [0.1, 0.15) is 5.82 Å². The molecule has 0 aromatic carbocycles. The fourth-order valence-corrected chi connectivity index (χ4v) is 3.74. The van der Waals surface area contributed by atoms with Crippen LogP contribution in [0.15, 0.2) is 16.7 Å². The molecule has 0 saturated carbocycles. The van der Waals surface area contributed by atoms with Crippen LogP contribution >= 0.6 is 27.3 Å². The first kappa shape index (κ1) is 12.1. The van der Waals surface area contributed by atoms with Crippen LogP contribution in [0.25, 0.3) is 0 Å². The van der Waals surface area contributed by atoms with Crippen LogP contribution in [-0.4, -0.2) is 9.97 Å². The summed E-state index contributed by atoms with van der Waals surface area (Å²) in [6, 6.07) is 2.06. The SMILES string of the molecule is Cc1cnc(Nc2nc3c(s2)CCCC3)c(Br)c1. The first-order valence-corrected chi connectivity index (χ1v) is 7.71. The second kappa shape index (κ2) is 4.97. The molecule has 2 aromatic rings. The third-order valence-electron chi connectivity index (χ3n) is 3.05. The summed E-state index contributed by atoms with van der Waals surface area (Å²) in [6.45, 7) is 2.03. The Morgan fingerprint density at radius 2 is 2.17 bits per heavy atom. The number of rotatable bonds is 2. The van der Waals surface area contributed by atoms with E-state index in [1.807, 2.05) is 13.1 Å². The van der Waals surface area contributed by atoms with Gasteiger partial charge in [-0.1, -0.05) is 0 Å². The van der Waals surface area contributed by atoms with Crippen molar-refractivity contribution >= 4 is 38.2 Å². The number of pyridine rings is 1. The van der Waals surface area contributed by atoms with E-state index in [1.54, 1.807) is 11.3 Å². The zero-order valence-corrected chi connectivity index (χ0v) is 12.6. The van der Waals surface area contributed by atoms with E-state index in [0.717, 1.165) is 27.4 Å². The van der Waals surface area contributed by atoms with Gasteiger partial charge in [0, 0.05) is 11.1 Å². The van der Waals surface area contributed by atoms with Crippen molar-refractivity contribution in [1.29, 1.82) is 0 Å². The molecule has 0 fully saturated rings. The van der Waals surface area contributed by atoms with Gasteiger partial charge in [0.25, 0.3) is 0 Å². The normalized spacial score (nSPS) is 14.3. The number of halogens is 1. The van der Waals surface area contributed by atoms with Crippen molar-refractivity contribution in [3.05, 3.63) is 32.9 Å². The predicted molar refractivity (Wildman–Crippen MR) is 78.7 cm³/mol. The summed E-state index contributed by atoms with van der Waals surface area (Å²) < 4.78 is 0.982. The molecule has 0 radical (unpaired) electrons. The molecular formula is C13H14BrN3S. The van der Waals surface area contributed by atoms with Crippen LogP contribution < -0.4 is 5.32 Å². The number of hydrogen-bond donors (Lipinski definition) is 1. The third-order valence-corrected chi connectivity index (χ3v) is 4.73. The van der Waals surface area contributed by atoms with Gasteiger partial charge in [0.2, 0.25) is 0 Å². The lowest BCUT2D eigenvalue weighted by molar-refractivity contribution is 0.683. The molecule has 18 heavy (non-hydrogen) atoms. The Balaban J connectivity index is 1.85. The smallest absolute Gasteiger partial charge is 0.188 e. The molecular weight excluding hydrogens is 310 g/mol. The molecule has 1 aliphatic rings. The Labute approximate surface area is 119 Å². The molecule has 3 nitrogen and oxygen atoms in total. The maximum atomic E-state index is 4.66. The van der Waals surface area contributed by atoms with Gasteiger partial charge < -0.3 is 5.32 Å². The van der Waals surface area contributed by atoms with Crippen molar-refractivity contribution in [3.8, 4) is 0 Å². The predicted octanol–water partition coefficient (Wildman–Crippen LogP) is 4.23. The van der Waals surface area contributed by atoms with E-state index in [0.29, 0.717) is 0 Å². The van der Waals surface area contributed by atoms with Crippen LogP contribution in [-0.2, 0) is 12.8 Å². The van der Waals surface area contributed by atoms with Crippen LogP contribution in [0.1, 0.15) is 29.0 Å². The fraction of sp³-hybridized carbons (Fsp3) is 0.385. The molecule has 5 heteroatoms. The van der Waals surface area contributed by atoms with E-state index >= 15 is 0 Å². The standard InChI is InChI=1S/C13H14BrN3S/c1-8-6-9(14)12(15-7-8)17-13-16-10-4-2-3-5-11(10)18-13/h6-7H,2-5H2,1H3,(H,15,16,17). The van der Waals surface area contributed by atoms with Crippen molar-refractivity contribution in [1.82, 2.24) is 9.97 Å². The summed E-state index contributed by atoms with van der Waals surface area (Å²) in [5.41, 5.74) is 2.42. The Bertz CT molecular complexity index is 556. The first-order chi connectivity index (χ1) is 8.72. The molecule has 1 aliphatic carbocycles. The van der Waals surface area contributed by atoms with Crippen molar-refractivity contribution in [2.45, 2.75) is 32.6 Å². The summed E-state index contributed by atoms with van der Waals surface area (Å²) in [5.74, 6) is 0.840. The van der Waals surface area contributed by atoms with E-state index in [2.05, 4.69) is 37.3 Å². The van der Waals surface area contributed by atoms with Crippen molar-refractivity contribution < 1.29 is 0 Å². The second-order valence-electron chi connectivity index (χ2n) is 4.56. The van der Waals surface area contributed by atoms with Gasteiger partial charge in [-0.2, -0.15) is 0 Å². The van der Waals surface area contributed by atoms with Gasteiger partial charge in [-0.3, -0.25) is 0 Å². The van der Waals surface area contributed by atoms with E-state index < -0.39 is 0 Å². The third kappa shape index (κ3) is 2.42. The highest BCUT2D eigenvalue weighted by Gasteiger charge is 2.15. The number of nitrogens with zero attached hydrogens (tertiary/aromatic N) is 2. The first-order valence-electron chi connectivity index (χ1n) is 6.10. The van der Waals surface area contributed by atoms with Gasteiger partial charge in [0.05, 0.1) is 10.2 Å². The number of thiazole rings is 1. The number of aryl methyl sites for hydroxylation is 3. The van der Waals surface area contributed by atoms with E-state index in [-0.39, 0.29) is 0 Å². The summed E-state index contributed by atoms with van der Waals surface area (Å²) >= 11 is 5.29. The Hall–Kier alpha value is -0.940. The maximum Gasteiger partial charge on any atom is 0.188 e. The number of nitrogens with one attached hydrogen (secondary N) is 1. The highest BCUT2D eigenvalue weighted by Crippen LogP contribution is 2.32. The summed E-state index contributed by atoms with van der Waals surface area (Å²) in [4.78, 5) is 10.5. The quantitative estimate of drug-likeness (QED) is 0.898. The molecule has 2 aromatic heterocycles. The minimum atomic E-state index is 0.840. The molecule has 0 saturated heterocycles. The summed E-state index contributed by atoms with van der Waals surface area (Å²) in [7, 11) is 0. The van der Waals surface area contributed by atoms with Gasteiger partial charge in [-0.05, 0) is 60.2 Å². The lowest BCUT2D eigenvalue weighted by Crippen LogP contribution is -1.99. The summed E-state index contributed by atoms with van der Waals surface area (Å²) in [5, 5.41) is 4.26. The molecule has 0 aliphatic heterocycles. The Kier molecular flexibility index (Phi) is 3.35. The number of hydrogen-bond acceptors (Lipinski definition) is 4. The molecule has 1 N–H and O–H groups in total. The average molecular weight is 324 g/mol. The molecule has 2 heterocycles. The van der Waals surface area contributed by atoms with Gasteiger partial charge >= 0.3 is 0 Å². The average Bonchev–Trinajstić information content (AvgIpc) is 2.75. The molecule has 0 unspecified atom stereocenters. The molecule has 0 spiro atoms. The minimum absolute atomic E-state index is 0.840. The lowest BCUT2D eigenvalue weighted by atomic mass is 10.0. The number of anilines is 2. The van der Waals surface area contributed by atoms with E-state index in [4.69, 9.17) is 0 Å². The molecule has 0 amide bonds. The topological polar surface area (TPSA) is 37.8 Å². The highest BCUT2D eigenvalue weighted by molar-refractivity contribution is 9.10. The highest BCUT2D eigenvalue weighted by atomic mass is 79.9. The molecule has 3 rings (SSSR count). The van der Waals surface area contributed by atoms with Crippen LogP contribution in [0.5, 0.6) is 0 Å². The zero-order valence-electron chi connectivity index (χ0n) is 10.2. The Morgan fingerprint density at radius 3 is 2.94 bits per heavy atom. The summed E-state index contributed by atoms with van der Waals surface area (Å²) in [6.07, 6.45) is 6.72. The van der Waals surface area contributed by atoms with Crippen LogP contribution in [0.3, 0.4) is 0 Å². The Morgan fingerprint density at radius 1 is 1.33 bits per heavy atom. The largest absolute Gasteiger partial charge is 0.315 e. The number of fused-ring (bicyclic) bond motifs is 1. The maximum absolute atomic E-state index is 4.66. The second-order valence-corrected chi connectivity index (χ2v) is 6.50. The molecule has 0 atom stereocenters. The van der Waals surface area contributed by atoms with Gasteiger partial charge in [-0.25, -0.2) is 9.97 Å². The van der Waals surface area contributed by atoms with Gasteiger partial charge in [-0.15, -0.1) is 11.3 Å². The van der Waals surface area contributed by atoms with Crippen molar-refractivity contribution in [2.24, 2.45) is 0 Å².